The van der Waals surface area contributed by atoms with Gasteiger partial charge >= 0.3 is 5.97 Å². The lowest BCUT2D eigenvalue weighted by molar-refractivity contribution is -0.143. The summed E-state index contributed by atoms with van der Waals surface area (Å²) < 4.78 is 5.47. The molecule has 0 spiro atoms. The SMILES string of the molecule is CCCC/C=C\CCCCCCCC(=O)OCCCCCCCCCCCCCCCCCCCCCCCCCCCCCCCCCCCCCCCCCC(=O)NC(CO)C(O)/C=C/CCCCCCCCCCCCCCC. The Kier molecular flexibility index (Phi) is 70.4. The number of unbranched alkanes of at least 4 members (excludes halogenated alkanes) is 58. The van der Waals surface area contributed by atoms with E-state index in [2.05, 4.69) is 31.3 Å². The van der Waals surface area contributed by atoms with Gasteiger partial charge in [-0.25, -0.2) is 0 Å². The maximum atomic E-state index is 12.5. The summed E-state index contributed by atoms with van der Waals surface area (Å²) in [5.74, 6) is -0.0458. The van der Waals surface area contributed by atoms with Crippen LogP contribution in [-0.4, -0.2) is 47.4 Å². The monoisotopic (exact) mass is 1150 g/mol. The zero-order valence-electron chi connectivity index (χ0n) is 55.8. The molecular formula is C76H147NO5. The van der Waals surface area contributed by atoms with Gasteiger partial charge in [0.15, 0.2) is 0 Å². The standard InChI is InChI=1S/C76H147NO5/c1-3-5-7-9-11-13-15-16-42-45-49-52-56-60-64-68-74(79)73(72-78)77-75(80)69-65-61-57-53-50-46-43-40-38-36-34-32-30-28-26-24-22-20-18-17-19-21-23-25-27-29-31-33-35-37-39-41-44-47-51-55-59-63-67-71-82-76(81)70-66-62-58-54-48-14-12-10-8-6-4-2/h10,12,64,68,73-74,78-79H,3-9,11,13-63,65-67,69-72H2,1-2H3,(H,77,80)/b12-10-,68-64+. The number of nitrogens with one attached hydrogen (secondary N) is 1. The van der Waals surface area contributed by atoms with E-state index in [1.807, 2.05) is 6.08 Å². The predicted octanol–water partition coefficient (Wildman–Crippen LogP) is 24.5. The summed E-state index contributed by atoms with van der Waals surface area (Å²) in [6.07, 6.45) is 91.6. The second kappa shape index (κ2) is 71.8. The van der Waals surface area contributed by atoms with Crippen LogP contribution in [0, 0.1) is 0 Å². The van der Waals surface area contributed by atoms with Crippen molar-refractivity contribution in [2.45, 2.75) is 437 Å². The van der Waals surface area contributed by atoms with Crippen molar-refractivity contribution in [1.29, 1.82) is 0 Å². The van der Waals surface area contributed by atoms with Crippen molar-refractivity contribution in [3.05, 3.63) is 24.3 Å². The number of allylic oxidation sites excluding steroid dienone is 3. The molecule has 3 N–H and O–H groups in total. The molecule has 0 rings (SSSR count). The molecular weight excluding hydrogens is 1010 g/mol. The maximum absolute atomic E-state index is 12.5. The van der Waals surface area contributed by atoms with Crippen LogP contribution in [0.1, 0.15) is 425 Å². The first-order valence-electron chi connectivity index (χ1n) is 37.6. The third kappa shape index (κ3) is 67.5. The smallest absolute Gasteiger partial charge is 0.305 e. The van der Waals surface area contributed by atoms with Gasteiger partial charge in [-0.2, -0.15) is 0 Å². The van der Waals surface area contributed by atoms with Crippen molar-refractivity contribution in [1.82, 2.24) is 5.32 Å². The first-order valence-corrected chi connectivity index (χ1v) is 37.6. The number of aliphatic hydroxyl groups excluding tert-OH is 2. The number of carbonyl (C=O) groups is 2. The summed E-state index contributed by atoms with van der Waals surface area (Å²) in [7, 11) is 0. The van der Waals surface area contributed by atoms with Gasteiger partial charge in [0, 0.05) is 12.8 Å². The number of esters is 1. The lowest BCUT2D eigenvalue weighted by atomic mass is 10.0. The molecule has 2 unspecified atom stereocenters. The Morgan fingerprint density at radius 1 is 0.329 bits per heavy atom. The van der Waals surface area contributed by atoms with Crippen molar-refractivity contribution in [3.63, 3.8) is 0 Å². The van der Waals surface area contributed by atoms with E-state index in [0.29, 0.717) is 19.4 Å². The highest BCUT2D eigenvalue weighted by molar-refractivity contribution is 5.76. The minimum Gasteiger partial charge on any atom is -0.466 e. The highest BCUT2D eigenvalue weighted by Crippen LogP contribution is 2.20. The molecule has 0 heterocycles. The molecule has 2 atom stereocenters. The van der Waals surface area contributed by atoms with Gasteiger partial charge in [0.25, 0.3) is 0 Å². The Hall–Kier alpha value is -1.66. The molecule has 0 aromatic heterocycles. The topological polar surface area (TPSA) is 95.9 Å². The number of aliphatic hydroxyl groups is 2. The fourth-order valence-corrected chi connectivity index (χ4v) is 12.0. The van der Waals surface area contributed by atoms with Gasteiger partial charge in [-0.15, -0.1) is 0 Å². The fourth-order valence-electron chi connectivity index (χ4n) is 12.0. The van der Waals surface area contributed by atoms with Gasteiger partial charge in [-0.05, 0) is 51.4 Å². The average molecular weight is 1160 g/mol. The zero-order chi connectivity index (χ0) is 59.2. The van der Waals surface area contributed by atoms with E-state index in [4.69, 9.17) is 4.74 Å². The second-order valence-corrected chi connectivity index (χ2v) is 26.0. The van der Waals surface area contributed by atoms with Crippen LogP contribution in [0.2, 0.25) is 0 Å². The van der Waals surface area contributed by atoms with Crippen LogP contribution in [0.3, 0.4) is 0 Å². The third-order valence-electron chi connectivity index (χ3n) is 17.7. The first-order chi connectivity index (χ1) is 40.5. The second-order valence-electron chi connectivity index (χ2n) is 26.0. The van der Waals surface area contributed by atoms with E-state index < -0.39 is 12.1 Å². The minimum atomic E-state index is -0.839. The minimum absolute atomic E-state index is 0.0132. The molecule has 486 valence electrons. The van der Waals surface area contributed by atoms with Crippen LogP contribution in [0.5, 0.6) is 0 Å². The fraction of sp³-hybridized carbons (Fsp3) is 0.921. The summed E-state index contributed by atoms with van der Waals surface area (Å²) in [6, 6.07) is -0.622. The Morgan fingerprint density at radius 3 is 0.902 bits per heavy atom. The van der Waals surface area contributed by atoms with Crippen molar-refractivity contribution in [2.75, 3.05) is 13.2 Å². The van der Waals surface area contributed by atoms with Crippen molar-refractivity contribution in [2.24, 2.45) is 0 Å². The van der Waals surface area contributed by atoms with E-state index in [1.54, 1.807) is 6.08 Å². The lowest BCUT2D eigenvalue weighted by Gasteiger charge is -2.20. The van der Waals surface area contributed by atoms with Crippen molar-refractivity contribution >= 4 is 11.9 Å². The quantitative estimate of drug-likeness (QED) is 0.0320. The van der Waals surface area contributed by atoms with Crippen molar-refractivity contribution in [3.8, 4) is 0 Å². The average Bonchev–Trinajstić information content (AvgIpc) is 3.48. The van der Waals surface area contributed by atoms with E-state index >= 15 is 0 Å². The molecule has 0 fully saturated rings. The molecule has 0 aliphatic carbocycles. The number of rotatable bonds is 71. The number of carbonyl (C=O) groups excluding carboxylic acids is 2. The molecule has 1 amide bonds. The maximum Gasteiger partial charge on any atom is 0.305 e. The summed E-state index contributed by atoms with van der Waals surface area (Å²) in [4.78, 5) is 24.5. The highest BCUT2D eigenvalue weighted by Gasteiger charge is 2.18. The van der Waals surface area contributed by atoms with Gasteiger partial charge in [0.2, 0.25) is 5.91 Å². The van der Waals surface area contributed by atoms with E-state index in [1.165, 1.54) is 353 Å². The number of amides is 1. The lowest BCUT2D eigenvalue weighted by Crippen LogP contribution is -2.45. The Bertz CT molecular complexity index is 1280. The summed E-state index contributed by atoms with van der Waals surface area (Å²) in [5, 5.41) is 23.2. The number of ether oxygens (including phenoxy) is 1. The molecule has 0 radical (unpaired) electrons. The van der Waals surface area contributed by atoms with E-state index in [9.17, 15) is 19.8 Å². The summed E-state index contributed by atoms with van der Waals surface area (Å²) >= 11 is 0. The number of hydrogen-bond donors (Lipinski definition) is 3. The molecule has 82 heavy (non-hydrogen) atoms. The highest BCUT2D eigenvalue weighted by atomic mass is 16.5. The van der Waals surface area contributed by atoms with Gasteiger partial charge in [0.1, 0.15) is 0 Å². The third-order valence-corrected chi connectivity index (χ3v) is 17.7. The van der Waals surface area contributed by atoms with Gasteiger partial charge < -0.3 is 20.3 Å². The van der Waals surface area contributed by atoms with Crippen LogP contribution in [0.25, 0.3) is 0 Å². The normalized spacial score (nSPS) is 12.6. The largest absolute Gasteiger partial charge is 0.466 e. The molecule has 0 aliphatic rings. The molecule has 0 saturated carbocycles. The molecule has 0 aromatic rings. The van der Waals surface area contributed by atoms with Gasteiger partial charge in [-0.1, -0.05) is 385 Å². The molecule has 6 nitrogen and oxygen atoms in total. The Morgan fingerprint density at radius 2 is 0.585 bits per heavy atom. The predicted molar refractivity (Wildman–Crippen MR) is 361 cm³/mol. The molecule has 0 aromatic carbocycles. The summed E-state index contributed by atoms with van der Waals surface area (Å²) in [5.41, 5.74) is 0. The summed E-state index contributed by atoms with van der Waals surface area (Å²) in [6.45, 7) is 4.90. The Balaban J connectivity index is 3.30. The van der Waals surface area contributed by atoms with Crippen LogP contribution in [-0.2, 0) is 14.3 Å². The molecule has 0 aliphatic heterocycles. The van der Waals surface area contributed by atoms with E-state index in [0.717, 1.165) is 44.9 Å². The van der Waals surface area contributed by atoms with Crippen LogP contribution < -0.4 is 5.32 Å². The molecule has 6 heteroatoms. The molecule has 0 saturated heterocycles. The van der Waals surface area contributed by atoms with Gasteiger partial charge in [-0.3, -0.25) is 9.59 Å². The Labute approximate surface area is 513 Å². The van der Waals surface area contributed by atoms with E-state index in [-0.39, 0.29) is 18.5 Å². The van der Waals surface area contributed by atoms with Crippen LogP contribution in [0.15, 0.2) is 24.3 Å². The van der Waals surface area contributed by atoms with Crippen LogP contribution >= 0.6 is 0 Å². The molecule has 0 bridgehead atoms. The van der Waals surface area contributed by atoms with Crippen molar-refractivity contribution < 1.29 is 24.5 Å². The number of hydrogen-bond acceptors (Lipinski definition) is 5. The first kappa shape index (κ1) is 80.3. The van der Waals surface area contributed by atoms with Gasteiger partial charge in [0.05, 0.1) is 25.4 Å². The van der Waals surface area contributed by atoms with Crippen LogP contribution in [0.4, 0.5) is 0 Å². The zero-order valence-corrected chi connectivity index (χ0v) is 55.8.